The molecule has 1 aliphatic rings. The van der Waals surface area contributed by atoms with Gasteiger partial charge in [0.15, 0.2) is 17.3 Å². The van der Waals surface area contributed by atoms with Crippen LogP contribution in [0.5, 0.6) is 11.5 Å². The molecule has 1 aromatic carbocycles. The zero-order chi connectivity index (χ0) is 19.2. The number of aromatic nitrogens is 1. The molecule has 1 saturated heterocycles. The highest BCUT2D eigenvalue weighted by Gasteiger charge is 2.20. The summed E-state index contributed by atoms with van der Waals surface area (Å²) < 4.78 is 15.8. The Hall–Kier alpha value is -2.80. The quantitative estimate of drug-likeness (QED) is 0.726. The molecular weight excluding hydrogens is 346 g/mol. The van der Waals surface area contributed by atoms with E-state index in [2.05, 4.69) is 10.1 Å². The second kappa shape index (κ2) is 8.73. The summed E-state index contributed by atoms with van der Waals surface area (Å²) in [4.78, 5) is 16.6. The summed E-state index contributed by atoms with van der Waals surface area (Å²) >= 11 is 0. The van der Waals surface area contributed by atoms with Gasteiger partial charge in [-0.3, -0.25) is 9.69 Å². The number of rotatable bonds is 6. The number of hydrogen-bond donors (Lipinski definition) is 0. The van der Waals surface area contributed by atoms with Crippen molar-refractivity contribution in [3.8, 4) is 11.5 Å². The number of carbonyl (C=O) groups is 1. The van der Waals surface area contributed by atoms with Crippen LogP contribution in [0.25, 0.3) is 6.08 Å². The summed E-state index contributed by atoms with van der Waals surface area (Å²) in [6, 6.07) is 7.51. The standard InChI is InChI=1S/C20H25N3O4/c1-15-12-17(27-21-15)14-22-8-10-23(11-9-22)20(24)7-5-16-4-6-18(25-2)19(13-16)26-3/h4-7,12-13H,8-11,14H2,1-3H3/b7-5+. The Morgan fingerprint density at radius 1 is 1.15 bits per heavy atom. The van der Waals surface area contributed by atoms with Gasteiger partial charge in [-0.2, -0.15) is 0 Å². The second-order valence-corrected chi connectivity index (χ2v) is 6.48. The van der Waals surface area contributed by atoms with E-state index >= 15 is 0 Å². The zero-order valence-corrected chi connectivity index (χ0v) is 16.0. The molecule has 0 aliphatic carbocycles. The fraction of sp³-hybridized carbons (Fsp3) is 0.400. The number of carbonyl (C=O) groups excluding carboxylic acids is 1. The topological polar surface area (TPSA) is 68.0 Å². The summed E-state index contributed by atoms with van der Waals surface area (Å²) in [5.74, 6) is 2.18. The van der Waals surface area contributed by atoms with Crippen LogP contribution < -0.4 is 9.47 Å². The third-order valence-corrected chi connectivity index (χ3v) is 4.57. The van der Waals surface area contributed by atoms with Crippen LogP contribution in [0.1, 0.15) is 17.0 Å². The van der Waals surface area contributed by atoms with Crippen LogP contribution in [-0.2, 0) is 11.3 Å². The highest BCUT2D eigenvalue weighted by atomic mass is 16.5. The van der Waals surface area contributed by atoms with Crippen LogP contribution >= 0.6 is 0 Å². The summed E-state index contributed by atoms with van der Waals surface area (Å²) in [6.45, 7) is 5.66. The SMILES string of the molecule is COc1ccc(/C=C/C(=O)N2CCN(Cc3cc(C)no3)CC2)cc1OC. The Labute approximate surface area is 159 Å². The summed E-state index contributed by atoms with van der Waals surface area (Å²) in [6.07, 6.45) is 3.41. The molecule has 0 saturated carbocycles. The van der Waals surface area contributed by atoms with Gasteiger partial charge in [-0.15, -0.1) is 0 Å². The number of piperazine rings is 1. The molecule has 2 heterocycles. The fourth-order valence-corrected chi connectivity index (χ4v) is 3.07. The molecule has 0 atom stereocenters. The van der Waals surface area contributed by atoms with E-state index in [1.54, 1.807) is 26.4 Å². The van der Waals surface area contributed by atoms with E-state index in [0.717, 1.165) is 36.7 Å². The Balaban J connectivity index is 1.52. The lowest BCUT2D eigenvalue weighted by Gasteiger charge is -2.33. The molecule has 7 nitrogen and oxygen atoms in total. The molecule has 1 fully saturated rings. The van der Waals surface area contributed by atoms with Gasteiger partial charge in [-0.1, -0.05) is 11.2 Å². The van der Waals surface area contributed by atoms with E-state index in [0.29, 0.717) is 24.6 Å². The predicted molar refractivity (Wildman–Crippen MR) is 102 cm³/mol. The van der Waals surface area contributed by atoms with Crippen LogP contribution in [0.3, 0.4) is 0 Å². The minimum atomic E-state index is 0.0138. The van der Waals surface area contributed by atoms with Gasteiger partial charge in [0.25, 0.3) is 0 Å². The Kier molecular flexibility index (Phi) is 6.13. The van der Waals surface area contributed by atoms with Crippen LogP contribution in [0.4, 0.5) is 0 Å². The Morgan fingerprint density at radius 3 is 2.52 bits per heavy atom. The summed E-state index contributed by atoms with van der Waals surface area (Å²) in [5.41, 5.74) is 1.78. The van der Waals surface area contributed by atoms with Gasteiger partial charge >= 0.3 is 0 Å². The molecule has 3 rings (SSSR count). The molecule has 1 aliphatic heterocycles. The number of nitrogens with zero attached hydrogens (tertiary/aromatic N) is 3. The van der Waals surface area contributed by atoms with Crippen molar-refractivity contribution in [1.82, 2.24) is 15.0 Å². The second-order valence-electron chi connectivity index (χ2n) is 6.48. The molecule has 1 amide bonds. The lowest BCUT2D eigenvalue weighted by molar-refractivity contribution is -0.127. The van der Waals surface area contributed by atoms with E-state index in [4.69, 9.17) is 14.0 Å². The first-order valence-corrected chi connectivity index (χ1v) is 8.92. The van der Waals surface area contributed by atoms with Crippen molar-refractivity contribution in [2.24, 2.45) is 0 Å². The van der Waals surface area contributed by atoms with Gasteiger partial charge in [-0.05, 0) is 30.7 Å². The number of hydrogen-bond acceptors (Lipinski definition) is 6. The van der Waals surface area contributed by atoms with Crippen molar-refractivity contribution in [1.29, 1.82) is 0 Å². The van der Waals surface area contributed by atoms with Crippen molar-refractivity contribution >= 4 is 12.0 Å². The van der Waals surface area contributed by atoms with Gasteiger partial charge in [0.1, 0.15) is 0 Å². The number of aryl methyl sites for hydroxylation is 1. The van der Waals surface area contributed by atoms with Crippen molar-refractivity contribution in [3.63, 3.8) is 0 Å². The fourth-order valence-electron chi connectivity index (χ4n) is 3.07. The van der Waals surface area contributed by atoms with Gasteiger partial charge in [-0.25, -0.2) is 0 Å². The van der Waals surface area contributed by atoms with E-state index in [1.807, 2.05) is 36.1 Å². The monoisotopic (exact) mass is 371 g/mol. The number of amides is 1. The first kappa shape index (κ1) is 19.0. The molecule has 144 valence electrons. The highest BCUT2D eigenvalue weighted by molar-refractivity contribution is 5.92. The van der Waals surface area contributed by atoms with E-state index in [-0.39, 0.29) is 5.91 Å². The lowest BCUT2D eigenvalue weighted by Crippen LogP contribution is -2.47. The maximum Gasteiger partial charge on any atom is 0.246 e. The van der Waals surface area contributed by atoms with Crippen LogP contribution in [0.2, 0.25) is 0 Å². The first-order chi connectivity index (χ1) is 13.1. The van der Waals surface area contributed by atoms with Crippen LogP contribution in [0, 0.1) is 6.92 Å². The zero-order valence-electron chi connectivity index (χ0n) is 16.0. The first-order valence-electron chi connectivity index (χ1n) is 8.92. The Bertz CT molecular complexity index is 807. The molecule has 0 N–H and O–H groups in total. The Morgan fingerprint density at radius 2 is 1.89 bits per heavy atom. The smallest absolute Gasteiger partial charge is 0.246 e. The summed E-state index contributed by atoms with van der Waals surface area (Å²) in [5, 5.41) is 3.91. The maximum atomic E-state index is 12.5. The third-order valence-electron chi connectivity index (χ3n) is 4.57. The average molecular weight is 371 g/mol. The van der Waals surface area contributed by atoms with Gasteiger partial charge in [0, 0.05) is 38.3 Å². The maximum absolute atomic E-state index is 12.5. The van der Waals surface area contributed by atoms with Crippen molar-refractivity contribution in [2.45, 2.75) is 13.5 Å². The van der Waals surface area contributed by atoms with Gasteiger partial charge in [0.05, 0.1) is 26.5 Å². The molecule has 27 heavy (non-hydrogen) atoms. The van der Waals surface area contributed by atoms with E-state index < -0.39 is 0 Å². The normalized spacial score (nSPS) is 15.3. The van der Waals surface area contributed by atoms with E-state index in [9.17, 15) is 4.79 Å². The molecular formula is C20H25N3O4. The minimum Gasteiger partial charge on any atom is -0.493 e. The summed E-state index contributed by atoms with van der Waals surface area (Å²) in [7, 11) is 3.19. The molecule has 2 aromatic rings. The van der Waals surface area contributed by atoms with Crippen molar-refractivity contribution in [2.75, 3.05) is 40.4 Å². The molecule has 0 bridgehead atoms. The van der Waals surface area contributed by atoms with Crippen LogP contribution in [-0.4, -0.2) is 61.3 Å². The van der Waals surface area contributed by atoms with Crippen molar-refractivity contribution in [3.05, 3.63) is 47.4 Å². The molecule has 0 unspecified atom stereocenters. The number of methoxy groups -OCH3 is 2. The third kappa shape index (κ3) is 4.89. The number of benzene rings is 1. The predicted octanol–water partition coefficient (Wildman–Crippen LogP) is 2.36. The molecule has 7 heteroatoms. The number of ether oxygens (including phenoxy) is 2. The molecule has 0 radical (unpaired) electrons. The largest absolute Gasteiger partial charge is 0.493 e. The molecule has 0 spiro atoms. The average Bonchev–Trinajstić information content (AvgIpc) is 3.11. The van der Waals surface area contributed by atoms with Crippen LogP contribution in [0.15, 0.2) is 34.9 Å². The van der Waals surface area contributed by atoms with E-state index in [1.165, 1.54) is 0 Å². The molecule has 1 aromatic heterocycles. The minimum absolute atomic E-state index is 0.0138. The highest BCUT2D eigenvalue weighted by Crippen LogP contribution is 2.28. The van der Waals surface area contributed by atoms with Gasteiger partial charge in [0.2, 0.25) is 5.91 Å². The van der Waals surface area contributed by atoms with Crippen molar-refractivity contribution < 1.29 is 18.8 Å². The van der Waals surface area contributed by atoms with Gasteiger partial charge < -0.3 is 18.9 Å². The lowest BCUT2D eigenvalue weighted by atomic mass is 10.2.